The first kappa shape index (κ1) is 39.8. The minimum atomic E-state index is -0.998. The summed E-state index contributed by atoms with van der Waals surface area (Å²) in [4.78, 5) is 67.1. The summed E-state index contributed by atoms with van der Waals surface area (Å²) in [5.74, 6) is -2.89. The van der Waals surface area contributed by atoms with E-state index < -0.39 is 45.1 Å². The van der Waals surface area contributed by atoms with Gasteiger partial charge in [0.1, 0.15) is 21.2 Å². The molecule has 19 heteroatoms. The van der Waals surface area contributed by atoms with Gasteiger partial charge in [0.05, 0.1) is 32.8 Å². The predicted octanol–water partition coefficient (Wildman–Crippen LogP) is 8.43. The van der Waals surface area contributed by atoms with Crippen LogP contribution >= 0.6 is 62.3 Å². The summed E-state index contributed by atoms with van der Waals surface area (Å²) >= 11 is 26.1. The van der Waals surface area contributed by atoms with Crippen molar-refractivity contribution in [3.05, 3.63) is 110 Å². The molecule has 0 bridgehead atoms. The van der Waals surface area contributed by atoms with Crippen molar-refractivity contribution in [1.82, 2.24) is 34.8 Å². The predicted molar refractivity (Wildman–Crippen MR) is 196 cm³/mol. The number of anilines is 1. The highest BCUT2D eigenvalue weighted by Crippen LogP contribution is 2.32. The molecule has 3 N–H and O–H groups in total. The molecule has 5 heterocycles. The molecule has 0 saturated heterocycles. The number of nitrogens with zero attached hydrogens (tertiary/aromatic N) is 5. The van der Waals surface area contributed by atoms with E-state index in [4.69, 9.17) is 46.4 Å². The van der Waals surface area contributed by atoms with Gasteiger partial charge in [-0.15, -0.1) is 0 Å². The summed E-state index contributed by atoms with van der Waals surface area (Å²) in [5, 5.41) is 2.79. The molecule has 0 aliphatic carbocycles. The van der Waals surface area contributed by atoms with Crippen molar-refractivity contribution in [1.29, 1.82) is 0 Å². The van der Waals surface area contributed by atoms with Crippen molar-refractivity contribution in [3.8, 4) is 5.69 Å². The van der Waals surface area contributed by atoms with Crippen molar-refractivity contribution in [2.45, 2.75) is 53.4 Å². The van der Waals surface area contributed by atoms with Gasteiger partial charge in [0.25, 0.3) is 11.5 Å². The fourth-order valence-electron chi connectivity index (χ4n) is 4.89. The maximum Gasteiger partial charge on any atom is 0.333 e. The summed E-state index contributed by atoms with van der Waals surface area (Å²) < 4.78 is 29.3. The van der Waals surface area contributed by atoms with Gasteiger partial charge in [0, 0.05) is 12.4 Å². The highest BCUT2D eigenvalue weighted by atomic mass is 79.9. The molecule has 5 aromatic rings. The second kappa shape index (κ2) is 16.1. The molecule has 3 amide bonds. The summed E-state index contributed by atoms with van der Waals surface area (Å²) in [6.07, 6.45) is 3.24. The number of imide groups is 1. The number of aryl methyl sites for hydroxylation is 2. The van der Waals surface area contributed by atoms with Gasteiger partial charge in [-0.1, -0.05) is 74.1 Å². The maximum absolute atomic E-state index is 14.8. The van der Waals surface area contributed by atoms with E-state index >= 15 is 0 Å². The summed E-state index contributed by atoms with van der Waals surface area (Å²) in [5.41, 5.74) is 1.27. The van der Waals surface area contributed by atoms with Crippen LogP contribution in [0.5, 0.6) is 0 Å². The number of carbonyl (C=O) groups excluding carboxylic acids is 2. The minimum Gasteiger partial charge on any atom is -0.306 e. The molecule has 0 saturated carbocycles. The molecule has 5 rings (SSSR count). The van der Waals surface area contributed by atoms with Crippen LogP contribution in [0.2, 0.25) is 20.6 Å². The van der Waals surface area contributed by atoms with Crippen molar-refractivity contribution in [2.75, 3.05) is 5.32 Å². The monoisotopic (exact) mass is 844 g/mol. The molecule has 0 aliphatic rings. The first-order valence-electron chi connectivity index (χ1n) is 14.8. The van der Waals surface area contributed by atoms with Crippen LogP contribution in [-0.4, -0.2) is 41.4 Å². The zero-order chi connectivity index (χ0) is 38.1. The van der Waals surface area contributed by atoms with Gasteiger partial charge in [0.15, 0.2) is 21.9 Å². The molecule has 5 aromatic heterocycles. The van der Waals surface area contributed by atoms with Gasteiger partial charge in [-0.3, -0.25) is 34.4 Å². The third-order valence-corrected chi connectivity index (χ3v) is 9.04. The number of rotatable bonds is 5. The summed E-state index contributed by atoms with van der Waals surface area (Å²) in [6, 6.07) is 2.61. The van der Waals surface area contributed by atoms with Crippen molar-refractivity contribution in [2.24, 2.45) is 0 Å². The average molecular weight is 847 g/mol. The lowest BCUT2D eigenvalue weighted by Crippen LogP contribution is -2.35. The zero-order valence-electron chi connectivity index (χ0n) is 27.5. The van der Waals surface area contributed by atoms with Crippen LogP contribution in [0, 0.1) is 25.5 Å². The normalized spacial score (nSPS) is 11.1. The van der Waals surface area contributed by atoms with E-state index in [-0.39, 0.29) is 43.1 Å². The molecule has 0 spiro atoms. The van der Waals surface area contributed by atoms with Gasteiger partial charge in [0.2, 0.25) is 0 Å². The largest absolute Gasteiger partial charge is 0.333 e. The molecule has 51 heavy (non-hydrogen) atoms. The highest BCUT2D eigenvalue weighted by molar-refractivity contribution is 9.10. The van der Waals surface area contributed by atoms with Crippen LogP contribution < -0.4 is 21.9 Å². The Morgan fingerprint density at radius 1 is 0.843 bits per heavy atom. The quantitative estimate of drug-likeness (QED) is 0.148. The second-order valence-corrected chi connectivity index (χ2v) is 13.7. The number of H-pyrrole nitrogens is 1. The lowest BCUT2D eigenvalue weighted by Gasteiger charge is -2.18. The van der Waals surface area contributed by atoms with E-state index in [1.54, 1.807) is 38.4 Å². The summed E-state index contributed by atoms with van der Waals surface area (Å²) in [6.45, 7) is 11.2. The maximum atomic E-state index is 14.8. The first-order chi connectivity index (χ1) is 23.9. The smallest absolute Gasteiger partial charge is 0.306 e. The van der Waals surface area contributed by atoms with E-state index in [2.05, 4.69) is 51.5 Å². The van der Waals surface area contributed by atoms with Crippen LogP contribution in [-0.2, 0) is 0 Å². The molecule has 12 nitrogen and oxygen atoms in total. The Hall–Kier alpha value is -4.02. The molecule has 0 fully saturated rings. The number of amides is 3. The average Bonchev–Trinajstić information content (AvgIpc) is 3.03. The fraction of sp³-hybridized carbons (Fsp3) is 0.250. The Morgan fingerprint density at radius 2 is 1.39 bits per heavy atom. The Bertz CT molecular complexity index is 2340. The number of urea groups is 1. The zero-order valence-corrected chi connectivity index (χ0v) is 32.1. The van der Waals surface area contributed by atoms with Crippen molar-refractivity contribution < 1.29 is 18.4 Å². The van der Waals surface area contributed by atoms with Gasteiger partial charge in [-0.05, 0) is 64.9 Å². The Morgan fingerprint density at radius 3 is 2.00 bits per heavy atom. The van der Waals surface area contributed by atoms with Crippen molar-refractivity contribution in [3.63, 3.8) is 0 Å². The number of halogens is 7. The van der Waals surface area contributed by atoms with E-state index in [0.29, 0.717) is 28.3 Å². The van der Waals surface area contributed by atoms with Crippen LogP contribution in [0.4, 0.5) is 19.3 Å². The fourth-order valence-corrected chi connectivity index (χ4v) is 6.64. The van der Waals surface area contributed by atoms with Gasteiger partial charge in [-0.2, -0.15) is 0 Å². The Kier molecular flexibility index (Phi) is 12.6. The molecule has 0 atom stereocenters. The number of fused-ring (bicyclic) bond motifs is 1. The standard InChI is InChI=1S/C16H14BrCl2FN4O2.C16H13Cl2FN4O2/c1-6(2)11-12(7(3)4-5-21-11)22-16(26)24-15(25)8-9(17)10(20)14(19)23-13(8)18;1-6(2)10-11(7(3)4-5-20-10)23-12-8(15(24)22-16(23)25)13(17)21-14(18)9(12)19/h4-6H,1-3H3,(H2,22,24,25,26);4-6H,1-3H3,(H,22,24,25). The van der Waals surface area contributed by atoms with Crippen LogP contribution in [0.3, 0.4) is 0 Å². The summed E-state index contributed by atoms with van der Waals surface area (Å²) in [7, 11) is 0. The second-order valence-electron chi connectivity index (χ2n) is 11.5. The van der Waals surface area contributed by atoms with Crippen molar-refractivity contribution >= 4 is 90.9 Å². The number of carbonyl (C=O) groups is 2. The third kappa shape index (κ3) is 8.23. The van der Waals surface area contributed by atoms with E-state index in [9.17, 15) is 28.0 Å². The molecular weight excluding hydrogens is 820 g/mol. The highest BCUT2D eigenvalue weighted by Gasteiger charge is 2.25. The first-order valence-corrected chi connectivity index (χ1v) is 17.1. The number of nitrogens with one attached hydrogen (secondary N) is 3. The molecule has 0 aliphatic heterocycles. The van der Waals surface area contributed by atoms with Gasteiger partial charge in [-0.25, -0.2) is 28.3 Å². The van der Waals surface area contributed by atoms with Crippen LogP contribution in [0.15, 0.2) is 38.6 Å². The SMILES string of the molecule is Cc1ccnc(C(C)C)c1-n1c(=O)[nH]c(=O)c2c(Cl)nc(Cl)c(F)c21.Cc1ccnc(C(C)C)c1NC(=O)NC(=O)c1c(Cl)nc(Cl)c(F)c1Br. The molecule has 0 unspecified atom stereocenters. The van der Waals surface area contributed by atoms with E-state index in [0.717, 1.165) is 10.1 Å². The van der Waals surface area contributed by atoms with E-state index in [1.807, 2.05) is 27.7 Å². The number of aromatic amines is 1. The van der Waals surface area contributed by atoms with Crippen LogP contribution in [0.25, 0.3) is 16.6 Å². The number of aromatic nitrogens is 6. The Labute approximate surface area is 317 Å². The molecule has 0 aromatic carbocycles. The topological polar surface area (TPSA) is 165 Å². The molecule has 0 radical (unpaired) electrons. The van der Waals surface area contributed by atoms with Gasteiger partial charge < -0.3 is 5.32 Å². The molecule has 268 valence electrons. The van der Waals surface area contributed by atoms with E-state index in [1.165, 1.54) is 0 Å². The lowest BCUT2D eigenvalue weighted by molar-refractivity contribution is 0.0965. The lowest BCUT2D eigenvalue weighted by atomic mass is 10.0. The van der Waals surface area contributed by atoms with Crippen LogP contribution in [0.1, 0.15) is 72.4 Å². The van der Waals surface area contributed by atoms with Gasteiger partial charge >= 0.3 is 11.7 Å². The Balaban J connectivity index is 0.000000229. The number of hydrogen-bond donors (Lipinski definition) is 3. The molecular formula is C32H27BrCl4F2N8O4. The number of hydrogen-bond acceptors (Lipinski definition) is 8. The third-order valence-electron chi connectivity index (χ3n) is 7.25. The minimum absolute atomic E-state index is 0.0547. The number of pyridine rings is 4.